The van der Waals surface area contributed by atoms with Gasteiger partial charge in [-0.3, -0.25) is 14.8 Å². The molecule has 2 aliphatic rings. The SMILES string of the molecule is NS(=O)(=O)c1ccc2c(c1)N1C(=O)N(c3ccc(-c4ccccn4)cc3)CCC1C2. The lowest BCUT2D eigenvalue weighted by Gasteiger charge is -2.38. The van der Waals surface area contributed by atoms with E-state index in [9.17, 15) is 13.2 Å². The molecule has 3 aromatic rings. The molecule has 0 aliphatic carbocycles. The Hall–Kier alpha value is -3.23. The third-order valence-corrected chi connectivity index (χ3v) is 6.64. The molecule has 0 saturated carbocycles. The molecular formula is C22H20N4O3S. The molecule has 1 aromatic heterocycles. The lowest BCUT2D eigenvalue weighted by Crippen LogP contribution is -2.53. The highest BCUT2D eigenvalue weighted by molar-refractivity contribution is 7.89. The molecule has 1 fully saturated rings. The third kappa shape index (κ3) is 3.14. The van der Waals surface area contributed by atoms with E-state index in [1.54, 1.807) is 22.1 Å². The number of amides is 2. The molecule has 0 radical (unpaired) electrons. The quantitative estimate of drug-likeness (QED) is 0.704. The minimum Gasteiger partial charge on any atom is -0.294 e. The van der Waals surface area contributed by atoms with Crippen molar-refractivity contribution < 1.29 is 13.2 Å². The third-order valence-electron chi connectivity index (χ3n) is 5.73. The Kier molecular flexibility index (Phi) is 4.34. The van der Waals surface area contributed by atoms with E-state index in [4.69, 9.17) is 5.14 Å². The van der Waals surface area contributed by atoms with Gasteiger partial charge in [-0.05, 0) is 54.8 Å². The number of nitrogens with two attached hydrogens (primary N) is 1. The Labute approximate surface area is 174 Å². The first-order valence-electron chi connectivity index (χ1n) is 9.70. The van der Waals surface area contributed by atoms with Gasteiger partial charge in [0.1, 0.15) is 0 Å². The van der Waals surface area contributed by atoms with E-state index in [0.29, 0.717) is 12.2 Å². The van der Waals surface area contributed by atoms with Gasteiger partial charge < -0.3 is 0 Å². The second-order valence-corrected chi connectivity index (χ2v) is 9.11. The molecule has 2 aliphatic heterocycles. The number of nitrogens with zero attached hydrogens (tertiary/aromatic N) is 3. The second-order valence-electron chi connectivity index (χ2n) is 7.55. The van der Waals surface area contributed by atoms with Gasteiger partial charge in [0.15, 0.2) is 0 Å². The number of fused-ring (bicyclic) bond motifs is 3. The Bertz CT molecular complexity index is 1230. The molecule has 7 nitrogen and oxygen atoms in total. The summed E-state index contributed by atoms with van der Waals surface area (Å²) in [5, 5.41) is 5.29. The standard InChI is InChI=1S/C22H20N4O3S/c23-30(28,29)19-9-6-16-13-18-10-12-25(22(27)26(18)21(16)14-19)17-7-4-15(5-8-17)20-3-1-2-11-24-20/h1-9,11,14,18H,10,12-13H2,(H2,23,28,29). The minimum atomic E-state index is -3.83. The maximum atomic E-state index is 13.3. The molecule has 1 saturated heterocycles. The van der Waals surface area contributed by atoms with Crippen LogP contribution >= 0.6 is 0 Å². The Morgan fingerprint density at radius 3 is 2.53 bits per heavy atom. The summed E-state index contributed by atoms with van der Waals surface area (Å²) in [6, 6.07) is 18.1. The summed E-state index contributed by atoms with van der Waals surface area (Å²) in [7, 11) is -3.83. The van der Waals surface area contributed by atoms with Gasteiger partial charge in [0.05, 0.1) is 16.3 Å². The van der Waals surface area contributed by atoms with Crippen LogP contribution in [0.4, 0.5) is 16.2 Å². The lowest BCUT2D eigenvalue weighted by atomic mass is 10.1. The molecule has 2 aromatic carbocycles. The lowest BCUT2D eigenvalue weighted by molar-refractivity contribution is 0.245. The number of sulfonamides is 1. The molecule has 0 bridgehead atoms. The summed E-state index contributed by atoms with van der Waals surface area (Å²) in [5.74, 6) is 0. The van der Waals surface area contributed by atoms with Crippen molar-refractivity contribution in [2.24, 2.45) is 5.14 Å². The molecule has 0 spiro atoms. The van der Waals surface area contributed by atoms with Crippen molar-refractivity contribution in [1.29, 1.82) is 0 Å². The van der Waals surface area contributed by atoms with Crippen LogP contribution in [-0.2, 0) is 16.4 Å². The van der Waals surface area contributed by atoms with E-state index in [1.807, 2.05) is 42.5 Å². The van der Waals surface area contributed by atoms with Gasteiger partial charge in [-0.25, -0.2) is 18.4 Å². The number of urea groups is 1. The number of benzene rings is 2. The second kappa shape index (κ2) is 6.93. The van der Waals surface area contributed by atoms with Crippen LogP contribution in [0, 0.1) is 0 Å². The molecule has 5 rings (SSSR count). The smallest absolute Gasteiger partial charge is 0.294 e. The monoisotopic (exact) mass is 420 g/mol. The molecule has 1 atom stereocenters. The summed E-state index contributed by atoms with van der Waals surface area (Å²) in [5.41, 5.74) is 4.25. The number of anilines is 2. The van der Waals surface area contributed by atoms with E-state index in [-0.39, 0.29) is 17.0 Å². The van der Waals surface area contributed by atoms with Gasteiger partial charge in [-0.15, -0.1) is 0 Å². The van der Waals surface area contributed by atoms with Crippen molar-refractivity contribution in [2.75, 3.05) is 16.3 Å². The fourth-order valence-corrected chi connectivity index (χ4v) is 4.77. The average molecular weight is 420 g/mol. The van der Waals surface area contributed by atoms with Crippen LogP contribution < -0.4 is 14.9 Å². The van der Waals surface area contributed by atoms with Crippen molar-refractivity contribution in [1.82, 2.24) is 4.98 Å². The molecule has 30 heavy (non-hydrogen) atoms. The first-order chi connectivity index (χ1) is 14.4. The number of hydrogen-bond acceptors (Lipinski definition) is 4. The maximum absolute atomic E-state index is 13.3. The number of rotatable bonds is 3. The molecule has 3 heterocycles. The van der Waals surface area contributed by atoms with Crippen molar-refractivity contribution in [3.63, 3.8) is 0 Å². The number of carbonyl (C=O) groups is 1. The Morgan fingerprint density at radius 1 is 1.03 bits per heavy atom. The van der Waals surface area contributed by atoms with E-state index >= 15 is 0 Å². The van der Waals surface area contributed by atoms with Crippen molar-refractivity contribution in [3.8, 4) is 11.3 Å². The van der Waals surface area contributed by atoms with Crippen LogP contribution in [-0.4, -0.2) is 32.0 Å². The number of hydrogen-bond donors (Lipinski definition) is 1. The summed E-state index contributed by atoms with van der Waals surface area (Å²) in [6.45, 7) is 0.610. The van der Waals surface area contributed by atoms with Gasteiger partial charge in [-0.1, -0.05) is 24.3 Å². The Balaban J connectivity index is 1.45. The predicted molar refractivity (Wildman–Crippen MR) is 115 cm³/mol. The first-order valence-corrected chi connectivity index (χ1v) is 11.2. The van der Waals surface area contributed by atoms with Crippen molar-refractivity contribution in [3.05, 3.63) is 72.4 Å². The number of aromatic nitrogens is 1. The highest BCUT2D eigenvalue weighted by atomic mass is 32.2. The summed E-state index contributed by atoms with van der Waals surface area (Å²) in [6.07, 6.45) is 3.27. The summed E-state index contributed by atoms with van der Waals surface area (Å²) >= 11 is 0. The molecule has 2 N–H and O–H groups in total. The number of primary sulfonamides is 1. The minimum absolute atomic E-state index is 0.0199. The van der Waals surface area contributed by atoms with Crippen molar-refractivity contribution >= 4 is 27.4 Å². The molecular weight excluding hydrogens is 400 g/mol. The van der Waals surface area contributed by atoms with Crippen molar-refractivity contribution in [2.45, 2.75) is 23.8 Å². The zero-order valence-corrected chi connectivity index (χ0v) is 16.9. The van der Waals surface area contributed by atoms with E-state index in [1.165, 1.54) is 12.1 Å². The van der Waals surface area contributed by atoms with Gasteiger partial charge in [0.25, 0.3) is 0 Å². The van der Waals surface area contributed by atoms with Gasteiger partial charge in [0, 0.05) is 30.0 Å². The largest absolute Gasteiger partial charge is 0.329 e. The normalized spacial score (nSPS) is 18.3. The molecule has 1 unspecified atom stereocenters. The van der Waals surface area contributed by atoms with Crippen LogP contribution in [0.3, 0.4) is 0 Å². The van der Waals surface area contributed by atoms with Crippen LogP contribution in [0.2, 0.25) is 0 Å². The van der Waals surface area contributed by atoms with Gasteiger partial charge in [0.2, 0.25) is 10.0 Å². The zero-order valence-electron chi connectivity index (χ0n) is 16.1. The predicted octanol–water partition coefficient (Wildman–Crippen LogP) is 3.16. The first kappa shape index (κ1) is 18.8. The van der Waals surface area contributed by atoms with Crippen LogP contribution in [0.15, 0.2) is 71.8 Å². The van der Waals surface area contributed by atoms with E-state index < -0.39 is 10.0 Å². The average Bonchev–Trinajstić information content (AvgIpc) is 3.13. The fourth-order valence-electron chi connectivity index (χ4n) is 4.24. The summed E-state index contributed by atoms with van der Waals surface area (Å²) < 4.78 is 23.5. The van der Waals surface area contributed by atoms with E-state index in [0.717, 1.165) is 35.3 Å². The van der Waals surface area contributed by atoms with Gasteiger partial charge >= 0.3 is 6.03 Å². The molecule has 8 heteroatoms. The Morgan fingerprint density at radius 2 is 1.83 bits per heavy atom. The highest BCUT2D eigenvalue weighted by Crippen LogP contribution is 2.39. The van der Waals surface area contributed by atoms with Gasteiger partial charge in [-0.2, -0.15) is 0 Å². The van der Waals surface area contributed by atoms with E-state index in [2.05, 4.69) is 4.98 Å². The zero-order chi connectivity index (χ0) is 20.9. The number of carbonyl (C=O) groups excluding carboxylic acids is 1. The number of pyridine rings is 1. The molecule has 2 amide bonds. The topological polar surface area (TPSA) is 96.6 Å². The van der Waals surface area contributed by atoms with Crippen LogP contribution in [0.5, 0.6) is 0 Å². The van der Waals surface area contributed by atoms with Crippen LogP contribution in [0.25, 0.3) is 11.3 Å². The highest BCUT2D eigenvalue weighted by Gasteiger charge is 2.40. The molecule has 152 valence electrons. The van der Waals surface area contributed by atoms with Crippen LogP contribution in [0.1, 0.15) is 12.0 Å². The fraction of sp³-hybridized carbons (Fsp3) is 0.182. The maximum Gasteiger partial charge on any atom is 0.329 e. The summed E-state index contributed by atoms with van der Waals surface area (Å²) in [4.78, 5) is 21.2.